The van der Waals surface area contributed by atoms with Crippen LogP contribution in [0.5, 0.6) is 0 Å². The van der Waals surface area contributed by atoms with Gasteiger partial charge in [0.1, 0.15) is 0 Å². The summed E-state index contributed by atoms with van der Waals surface area (Å²) in [4.78, 5) is 24.7. The second-order valence-corrected chi connectivity index (χ2v) is 23.2. The topological polar surface area (TPSA) is 95.9 Å². The molecule has 0 aromatic carbocycles. The van der Waals surface area contributed by atoms with Gasteiger partial charge in [0.15, 0.2) is 0 Å². The summed E-state index contributed by atoms with van der Waals surface area (Å²) in [5.41, 5.74) is 0. The highest BCUT2D eigenvalue weighted by Gasteiger charge is 2.20. The maximum atomic E-state index is 12.5. The molecule has 0 aliphatic heterocycles. The van der Waals surface area contributed by atoms with Crippen molar-refractivity contribution in [2.75, 3.05) is 13.2 Å². The highest BCUT2D eigenvalue weighted by atomic mass is 16.5. The van der Waals surface area contributed by atoms with Crippen molar-refractivity contribution in [2.24, 2.45) is 0 Å². The van der Waals surface area contributed by atoms with E-state index in [1.807, 2.05) is 0 Å². The van der Waals surface area contributed by atoms with Gasteiger partial charge in [-0.3, -0.25) is 9.59 Å². The lowest BCUT2D eigenvalue weighted by atomic mass is 10.0. The minimum atomic E-state index is -0.673. The van der Waals surface area contributed by atoms with Gasteiger partial charge in [0.05, 0.1) is 25.4 Å². The summed E-state index contributed by atoms with van der Waals surface area (Å²) in [5.74, 6) is -0.0459. The van der Waals surface area contributed by atoms with E-state index in [0.29, 0.717) is 25.9 Å². The summed E-state index contributed by atoms with van der Waals surface area (Å²) in [6, 6.07) is -0.551. The molecule has 0 saturated heterocycles. The van der Waals surface area contributed by atoms with E-state index in [0.717, 1.165) is 57.8 Å². The molecule has 0 heterocycles. The van der Waals surface area contributed by atoms with Crippen molar-refractivity contribution in [3.8, 4) is 0 Å². The number of carbonyl (C=O) groups is 2. The molecule has 0 fully saturated rings. The van der Waals surface area contributed by atoms with Gasteiger partial charge in [-0.1, -0.05) is 327 Å². The fourth-order valence-corrected chi connectivity index (χ4v) is 10.6. The second kappa shape index (κ2) is 63.9. The molecular weight excluding hydrogens is 911 g/mol. The van der Waals surface area contributed by atoms with E-state index in [2.05, 4.69) is 43.5 Å². The third-order valence-electron chi connectivity index (χ3n) is 15.8. The number of hydrogen-bond donors (Lipinski definition) is 3. The largest absolute Gasteiger partial charge is 0.466 e. The van der Waals surface area contributed by atoms with Crippen LogP contribution < -0.4 is 5.32 Å². The average Bonchev–Trinajstić information content (AvgIpc) is 3.40. The van der Waals surface area contributed by atoms with E-state index in [9.17, 15) is 19.8 Å². The van der Waals surface area contributed by atoms with Crippen molar-refractivity contribution in [1.29, 1.82) is 0 Å². The molecule has 438 valence electrons. The second-order valence-electron chi connectivity index (χ2n) is 23.2. The SMILES string of the molecule is CCCCC/C=C\C/C=C\CCCCCCCCCCCC(=O)OCCCCCCCCCCCCCCCCC(=O)NC(CO)C(O)CCCCCCCCCCCCCCCCCCCCCCCCCC. The lowest BCUT2D eigenvalue weighted by Gasteiger charge is -2.22. The minimum Gasteiger partial charge on any atom is -0.466 e. The highest BCUT2D eigenvalue weighted by molar-refractivity contribution is 5.76. The van der Waals surface area contributed by atoms with Crippen LogP contribution in [0.3, 0.4) is 0 Å². The molecule has 0 rings (SSSR count). The van der Waals surface area contributed by atoms with Gasteiger partial charge in [-0.15, -0.1) is 0 Å². The number of ether oxygens (including phenoxy) is 1. The lowest BCUT2D eigenvalue weighted by molar-refractivity contribution is -0.143. The zero-order valence-electron chi connectivity index (χ0n) is 50.1. The third-order valence-corrected chi connectivity index (χ3v) is 15.8. The predicted molar refractivity (Wildman–Crippen MR) is 324 cm³/mol. The van der Waals surface area contributed by atoms with Crippen LogP contribution in [0.2, 0.25) is 0 Å². The number of hydrogen-bond acceptors (Lipinski definition) is 5. The van der Waals surface area contributed by atoms with E-state index in [-0.39, 0.29) is 18.5 Å². The average molecular weight is 1040 g/mol. The van der Waals surface area contributed by atoms with Crippen molar-refractivity contribution in [1.82, 2.24) is 5.32 Å². The Morgan fingerprint density at radius 2 is 0.676 bits per heavy atom. The molecule has 6 heteroatoms. The van der Waals surface area contributed by atoms with Crippen LogP contribution in [0.25, 0.3) is 0 Å². The molecule has 0 aliphatic rings. The Morgan fingerprint density at radius 3 is 1.05 bits per heavy atom. The van der Waals surface area contributed by atoms with Gasteiger partial charge in [0, 0.05) is 12.8 Å². The van der Waals surface area contributed by atoms with Gasteiger partial charge in [0.25, 0.3) is 0 Å². The van der Waals surface area contributed by atoms with Crippen LogP contribution in [-0.4, -0.2) is 47.4 Å². The standard InChI is InChI=1S/C68H131NO5/c1-3-5-7-9-11-13-15-17-19-21-23-24-25-26-27-29-30-32-36-40-44-48-52-56-60-66(71)65(64-70)69-67(72)61-57-53-49-45-41-37-34-35-39-43-47-51-55-59-63-74-68(73)62-58-54-50-46-42-38-33-31-28-22-20-18-16-14-12-10-8-6-4-2/h12,14,18,20,65-66,70-71H,3-11,13,15-17,19,21-64H2,1-2H3,(H,69,72)/b14-12-,20-18-. The van der Waals surface area contributed by atoms with Crippen LogP contribution in [-0.2, 0) is 14.3 Å². The molecule has 0 aliphatic carbocycles. The number of esters is 1. The number of aliphatic hydroxyl groups excluding tert-OH is 2. The maximum Gasteiger partial charge on any atom is 0.305 e. The molecule has 6 nitrogen and oxygen atoms in total. The van der Waals surface area contributed by atoms with Crippen LogP contribution in [0.4, 0.5) is 0 Å². The van der Waals surface area contributed by atoms with Gasteiger partial charge in [-0.2, -0.15) is 0 Å². The number of nitrogens with one attached hydrogen (secondary N) is 1. The Hall–Kier alpha value is -1.66. The van der Waals surface area contributed by atoms with Crippen molar-refractivity contribution in [2.45, 2.75) is 386 Å². The van der Waals surface area contributed by atoms with Gasteiger partial charge in [-0.25, -0.2) is 0 Å². The first kappa shape index (κ1) is 72.3. The van der Waals surface area contributed by atoms with E-state index >= 15 is 0 Å². The predicted octanol–water partition coefficient (Wildman–Crippen LogP) is 21.4. The third kappa shape index (κ3) is 59.6. The zero-order chi connectivity index (χ0) is 53.6. The van der Waals surface area contributed by atoms with Crippen molar-refractivity contribution >= 4 is 11.9 Å². The smallest absolute Gasteiger partial charge is 0.305 e. The molecule has 2 unspecified atom stereocenters. The first-order valence-electron chi connectivity index (χ1n) is 33.6. The first-order chi connectivity index (χ1) is 36.5. The van der Waals surface area contributed by atoms with Gasteiger partial charge in [0.2, 0.25) is 5.91 Å². The minimum absolute atomic E-state index is 0.00459. The van der Waals surface area contributed by atoms with Gasteiger partial charge in [-0.05, 0) is 57.8 Å². The molecule has 3 N–H and O–H groups in total. The summed E-state index contributed by atoms with van der Waals surface area (Å²) in [6.07, 6.45) is 79.1. The monoisotopic (exact) mass is 1040 g/mol. The van der Waals surface area contributed by atoms with Crippen molar-refractivity contribution in [3.05, 3.63) is 24.3 Å². The Labute approximate surface area is 462 Å². The quantitative estimate of drug-likeness (QED) is 0.0320. The van der Waals surface area contributed by atoms with Gasteiger partial charge >= 0.3 is 5.97 Å². The highest BCUT2D eigenvalue weighted by Crippen LogP contribution is 2.19. The Kier molecular flexibility index (Phi) is 62.4. The van der Waals surface area contributed by atoms with Crippen LogP contribution in [0.15, 0.2) is 24.3 Å². The summed E-state index contributed by atoms with van der Waals surface area (Å²) >= 11 is 0. The summed E-state index contributed by atoms with van der Waals surface area (Å²) in [6.45, 7) is 4.94. The zero-order valence-corrected chi connectivity index (χ0v) is 50.1. The molecule has 0 spiro atoms. The fourth-order valence-electron chi connectivity index (χ4n) is 10.6. The van der Waals surface area contributed by atoms with E-state index in [1.54, 1.807) is 0 Å². The normalized spacial score (nSPS) is 12.6. The molecular formula is C68H131NO5. The van der Waals surface area contributed by atoms with Gasteiger partial charge < -0.3 is 20.3 Å². The number of allylic oxidation sites excluding steroid dienone is 4. The molecule has 0 bridgehead atoms. The number of unbranched alkanes of at least 4 members (excludes halogenated alkanes) is 48. The Bertz CT molecular complexity index is 1150. The molecule has 0 radical (unpaired) electrons. The molecule has 1 amide bonds. The lowest BCUT2D eigenvalue weighted by Crippen LogP contribution is -2.45. The summed E-state index contributed by atoms with van der Waals surface area (Å²) in [5, 5.41) is 23.4. The maximum absolute atomic E-state index is 12.5. The van der Waals surface area contributed by atoms with E-state index in [4.69, 9.17) is 4.74 Å². The summed E-state index contributed by atoms with van der Waals surface area (Å²) in [7, 11) is 0. The Balaban J connectivity index is 3.42. The first-order valence-corrected chi connectivity index (χ1v) is 33.6. The van der Waals surface area contributed by atoms with E-state index < -0.39 is 12.1 Å². The van der Waals surface area contributed by atoms with Crippen LogP contribution >= 0.6 is 0 Å². The molecule has 0 saturated carbocycles. The van der Waals surface area contributed by atoms with E-state index in [1.165, 1.54) is 283 Å². The summed E-state index contributed by atoms with van der Waals surface area (Å²) < 4.78 is 5.49. The number of carbonyl (C=O) groups excluding carboxylic acids is 2. The Morgan fingerprint density at radius 1 is 0.378 bits per heavy atom. The molecule has 0 aromatic heterocycles. The molecule has 0 aromatic rings. The van der Waals surface area contributed by atoms with Crippen molar-refractivity contribution in [3.63, 3.8) is 0 Å². The fraction of sp³-hybridized carbons (Fsp3) is 0.912. The number of aliphatic hydroxyl groups is 2. The number of rotatable bonds is 63. The van der Waals surface area contributed by atoms with Crippen LogP contribution in [0.1, 0.15) is 373 Å². The van der Waals surface area contributed by atoms with Crippen molar-refractivity contribution < 1.29 is 24.5 Å². The molecule has 2 atom stereocenters. The number of amides is 1. The molecule has 74 heavy (non-hydrogen) atoms. The van der Waals surface area contributed by atoms with Crippen LogP contribution in [0, 0.1) is 0 Å².